The van der Waals surface area contributed by atoms with Crippen LogP contribution in [0.25, 0.3) is 0 Å². The van der Waals surface area contributed by atoms with Gasteiger partial charge in [0.05, 0.1) is 6.04 Å². The largest absolute Gasteiger partial charge is 0.379 e. The van der Waals surface area contributed by atoms with Crippen LogP contribution in [0.3, 0.4) is 0 Å². The lowest BCUT2D eigenvalue weighted by atomic mass is 9.78. The van der Waals surface area contributed by atoms with Crippen molar-refractivity contribution in [3.63, 3.8) is 0 Å². The number of carbonyl (C=O) groups excluding carboxylic acids is 1. The first-order valence-electron chi connectivity index (χ1n) is 14.3. The number of nitrogens with one attached hydrogen (secondary N) is 1. The van der Waals surface area contributed by atoms with Crippen LogP contribution in [0.1, 0.15) is 30.4 Å². The summed E-state index contributed by atoms with van der Waals surface area (Å²) in [6.07, 6.45) is 6.97. The van der Waals surface area contributed by atoms with Gasteiger partial charge in [-0.05, 0) is 55.0 Å². The average Bonchev–Trinajstić information content (AvgIpc) is 3.02. The summed E-state index contributed by atoms with van der Waals surface area (Å²) in [7, 11) is 1.67. The molecule has 3 aromatic rings. The van der Waals surface area contributed by atoms with Gasteiger partial charge in [0, 0.05) is 75.7 Å². The number of anilines is 2. The van der Waals surface area contributed by atoms with Crippen molar-refractivity contribution in [1.82, 2.24) is 14.8 Å². The molecule has 2 fully saturated rings. The summed E-state index contributed by atoms with van der Waals surface area (Å²) < 4.78 is 5.85. The zero-order valence-corrected chi connectivity index (χ0v) is 22.8. The highest BCUT2D eigenvalue weighted by atomic mass is 16.5. The number of carbonyl (C=O) groups is 1. The molecule has 1 N–H and O–H groups in total. The van der Waals surface area contributed by atoms with E-state index in [4.69, 9.17) is 4.74 Å². The number of hydrogen-bond donors (Lipinski definition) is 1. The van der Waals surface area contributed by atoms with Crippen molar-refractivity contribution in [1.29, 1.82) is 0 Å². The van der Waals surface area contributed by atoms with Crippen LogP contribution < -0.4 is 10.2 Å². The fourth-order valence-corrected chi connectivity index (χ4v) is 6.89. The van der Waals surface area contributed by atoms with Gasteiger partial charge in [0.2, 0.25) is 0 Å². The van der Waals surface area contributed by atoms with Crippen LogP contribution in [-0.4, -0.2) is 79.2 Å². The molecule has 2 saturated heterocycles. The minimum absolute atomic E-state index is 0.0144. The minimum atomic E-state index is -0.480. The average molecular weight is 526 g/mol. The number of likely N-dealkylation sites (tertiary alicyclic amines) is 1. The fourth-order valence-electron chi connectivity index (χ4n) is 6.89. The molecule has 3 aliphatic rings. The molecule has 0 spiro atoms. The van der Waals surface area contributed by atoms with Crippen molar-refractivity contribution in [2.75, 3.05) is 56.6 Å². The van der Waals surface area contributed by atoms with Crippen LogP contribution in [0.5, 0.6) is 0 Å². The van der Waals surface area contributed by atoms with E-state index in [0.717, 1.165) is 70.6 Å². The molecule has 0 bridgehead atoms. The van der Waals surface area contributed by atoms with Gasteiger partial charge in [-0.25, -0.2) is 0 Å². The monoisotopic (exact) mass is 525 g/mol. The number of methoxy groups -OCH3 is 1. The van der Waals surface area contributed by atoms with Gasteiger partial charge in [-0.15, -0.1) is 0 Å². The first-order valence-corrected chi connectivity index (χ1v) is 14.3. The molecule has 0 saturated carbocycles. The topological polar surface area (TPSA) is 60.9 Å². The van der Waals surface area contributed by atoms with E-state index in [1.165, 1.54) is 16.8 Å². The second kappa shape index (κ2) is 11.4. The Morgan fingerprint density at radius 3 is 2.33 bits per heavy atom. The molecule has 2 unspecified atom stereocenters. The van der Waals surface area contributed by atoms with Crippen molar-refractivity contribution in [3.05, 3.63) is 90.3 Å². The molecule has 4 heterocycles. The fraction of sp³-hybridized carbons (Fsp3) is 0.438. The zero-order chi connectivity index (χ0) is 26.7. The molecule has 2 atom stereocenters. The van der Waals surface area contributed by atoms with Gasteiger partial charge in [-0.1, -0.05) is 48.5 Å². The van der Waals surface area contributed by atoms with Crippen LogP contribution in [0.2, 0.25) is 0 Å². The maximum atomic E-state index is 13.8. The third-order valence-corrected chi connectivity index (χ3v) is 9.07. The second-order valence-corrected chi connectivity index (χ2v) is 11.0. The number of amides is 1. The zero-order valence-electron chi connectivity index (χ0n) is 22.8. The maximum absolute atomic E-state index is 13.8. The summed E-state index contributed by atoms with van der Waals surface area (Å²) in [5.74, 6) is 0.110. The molecule has 7 heteroatoms. The van der Waals surface area contributed by atoms with E-state index < -0.39 is 6.10 Å². The Morgan fingerprint density at radius 2 is 1.62 bits per heavy atom. The van der Waals surface area contributed by atoms with E-state index in [2.05, 4.69) is 80.8 Å². The molecule has 6 rings (SSSR count). The van der Waals surface area contributed by atoms with Gasteiger partial charge in [0.25, 0.3) is 5.91 Å². The number of piperazine rings is 1. The molecule has 0 radical (unpaired) electrons. The Morgan fingerprint density at radius 1 is 0.923 bits per heavy atom. The first kappa shape index (κ1) is 25.8. The summed E-state index contributed by atoms with van der Waals surface area (Å²) in [6.45, 7) is 5.45. The summed E-state index contributed by atoms with van der Waals surface area (Å²) in [5.41, 5.74) is 4.97. The highest BCUT2D eigenvalue weighted by Gasteiger charge is 2.44. The van der Waals surface area contributed by atoms with Crippen molar-refractivity contribution in [3.8, 4) is 0 Å². The number of aromatic nitrogens is 1. The summed E-state index contributed by atoms with van der Waals surface area (Å²) in [6, 6.07) is 23.5. The Bertz CT molecular complexity index is 1240. The number of pyridine rings is 1. The van der Waals surface area contributed by atoms with Crippen LogP contribution in [0.4, 0.5) is 11.4 Å². The number of para-hydroxylation sites is 1. The molecule has 1 aromatic heterocycles. The normalized spacial score (nSPS) is 22.0. The minimum Gasteiger partial charge on any atom is -0.379 e. The Kier molecular flexibility index (Phi) is 7.53. The van der Waals surface area contributed by atoms with Crippen LogP contribution in [0.15, 0.2) is 79.1 Å². The lowest BCUT2D eigenvalue weighted by molar-refractivity contribution is -0.146. The van der Waals surface area contributed by atoms with Gasteiger partial charge in [0.1, 0.15) is 0 Å². The Hall–Kier alpha value is -3.42. The highest BCUT2D eigenvalue weighted by Crippen LogP contribution is 2.40. The summed E-state index contributed by atoms with van der Waals surface area (Å²) in [5, 5.41) is 3.59. The van der Waals surface area contributed by atoms with Crippen molar-refractivity contribution in [2.24, 2.45) is 0 Å². The molecule has 3 aliphatic heterocycles. The second-order valence-electron chi connectivity index (χ2n) is 11.0. The molecule has 0 aliphatic carbocycles. The Labute approximate surface area is 231 Å². The lowest BCUT2D eigenvalue weighted by Gasteiger charge is -2.52. The van der Waals surface area contributed by atoms with Gasteiger partial charge in [-0.3, -0.25) is 14.7 Å². The third-order valence-electron chi connectivity index (χ3n) is 9.07. The maximum Gasteiger partial charge on any atom is 0.253 e. The molecular weight excluding hydrogens is 486 g/mol. The quantitative estimate of drug-likeness (QED) is 0.522. The number of nitrogens with zero attached hydrogens (tertiary/aromatic N) is 4. The number of fused-ring (bicyclic) bond motifs is 1. The number of hydrogen-bond acceptors (Lipinski definition) is 6. The van der Waals surface area contributed by atoms with E-state index in [1.807, 2.05) is 23.4 Å². The predicted octanol–water partition coefficient (Wildman–Crippen LogP) is 4.16. The Balaban J connectivity index is 1.15. The van der Waals surface area contributed by atoms with E-state index in [-0.39, 0.29) is 17.5 Å². The van der Waals surface area contributed by atoms with Crippen LogP contribution >= 0.6 is 0 Å². The highest BCUT2D eigenvalue weighted by molar-refractivity contribution is 5.82. The van der Waals surface area contributed by atoms with Crippen LogP contribution in [0, 0.1) is 0 Å². The van der Waals surface area contributed by atoms with Gasteiger partial charge in [0.15, 0.2) is 6.10 Å². The summed E-state index contributed by atoms with van der Waals surface area (Å²) >= 11 is 0. The van der Waals surface area contributed by atoms with E-state index in [1.54, 1.807) is 7.11 Å². The number of benzene rings is 2. The van der Waals surface area contributed by atoms with E-state index >= 15 is 0 Å². The van der Waals surface area contributed by atoms with Gasteiger partial charge in [-0.2, -0.15) is 0 Å². The van der Waals surface area contributed by atoms with Gasteiger partial charge < -0.3 is 19.9 Å². The van der Waals surface area contributed by atoms with Crippen molar-refractivity contribution in [2.45, 2.75) is 43.4 Å². The van der Waals surface area contributed by atoms with Crippen molar-refractivity contribution < 1.29 is 9.53 Å². The van der Waals surface area contributed by atoms with E-state index in [0.29, 0.717) is 0 Å². The predicted molar refractivity (Wildman–Crippen MR) is 155 cm³/mol. The first-order chi connectivity index (χ1) is 19.2. The number of ether oxygens (including phenoxy) is 1. The van der Waals surface area contributed by atoms with Crippen LogP contribution in [-0.2, 0) is 21.5 Å². The number of piperidine rings is 1. The molecule has 1 amide bonds. The van der Waals surface area contributed by atoms with E-state index in [9.17, 15) is 4.79 Å². The number of rotatable bonds is 6. The lowest BCUT2D eigenvalue weighted by Crippen LogP contribution is -2.60. The third kappa shape index (κ3) is 5.13. The SMILES string of the molecule is COC(C(=O)N1CCC(c2ccccc2)(N2CCN(c3ccncc3)CC2)CC1)C1CCc2ccccc2N1. The molecule has 39 heavy (non-hydrogen) atoms. The molecular formula is C32H39N5O2. The molecule has 204 valence electrons. The smallest absolute Gasteiger partial charge is 0.253 e. The molecule has 7 nitrogen and oxygen atoms in total. The standard InChI is InChI=1S/C32H39N5O2/c1-39-30(29-12-11-25-7-5-6-10-28(25)34-29)31(38)36-19-15-32(16-20-36,26-8-3-2-4-9-26)37-23-21-35(22-24-37)27-13-17-33-18-14-27/h2-10,13-14,17-18,29-30,34H,11-12,15-16,19-24H2,1H3. The van der Waals surface area contributed by atoms with Gasteiger partial charge >= 0.3 is 0 Å². The summed E-state index contributed by atoms with van der Waals surface area (Å²) in [4.78, 5) is 25.2. The van der Waals surface area contributed by atoms with Crippen molar-refractivity contribution >= 4 is 17.3 Å². The molecule has 2 aromatic carbocycles. The number of aryl methyl sites for hydroxylation is 1.